The number of benzene rings is 2. The number of carbonyl (C=O) groups is 1. The number of rotatable bonds is 6. The second-order valence-electron chi connectivity index (χ2n) is 4.54. The Balaban J connectivity index is 2.09. The summed E-state index contributed by atoms with van der Waals surface area (Å²) in [5, 5.41) is 19.6. The van der Waals surface area contributed by atoms with Gasteiger partial charge in [0.2, 0.25) is 0 Å². The van der Waals surface area contributed by atoms with Crippen LogP contribution in [-0.2, 0) is 0 Å². The topological polar surface area (TPSA) is 79.1 Å². The number of ether oxygens (including phenoxy) is 1. The number of carbonyl (C=O) groups excluding carboxylic acids is 1. The van der Waals surface area contributed by atoms with Crippen LogP contribution in [0.1, 0.15) is 22.8 Å². The largest absolute Gasteiger partial charge is 0.507 e. The van der Waals surface area contributed by atoms with Crippen molar-refractivity contribution in [3.63, 3.8) is 0 Å². The smallest absolute Gasteiger partial charge is 0.187 e. The van der Waals surface area contributed by atoms with E-state index in [2.05, 4.69) is 4.99 Å². The van der Waals surface area contributed by atoms with Gasteiger partial charge in [-0.15, -0.1) is 0 Å². The van der Waals surface area contributed by atoms with Crippen molar-refractivity contribution in [1.82, 2.24) is 0 Å². The number of hydrogen-bond donors (Lipinski definition) is 2. The standard InChI is InChI=1S/C17H17NO4/c1-2-22-16-9-5-6-12(17(16)21)10-18-11-15(20)13-7-3-4-8-14(13)19/h3-10,19,21H,2,11H2,1H3. The highest BCUT2D eigenvalue weighted by Crippen LogP contribution is 2.28. The molecule has 0 bridgehead atoms. The highest BCUT2D eigenvalue weighted by atomic mass is 16.5. The van der Waals surface area contributed by atoms with E-state index in [1.54, 1.807) is 36.4 Å². The van der Waals surface area contributed by atoms with Crippen LogP contribution >= 0.6 is 0 Å². The van der Waals surface area contributed by atoms with E-state index in [9.17, 15) is 15.0 Å². The minimum Gasteiger partial charge on any atom is -0.507 e. The van der Waals surface area contributed by atoms with Crippen molar-refractivity contribution in [1.29, 1.82) is 0 Å². The summed E-state index contributed by atoms with van der Waals surface area (Å²) in [6.07, 6.45) is 1.41. The number of para-hydroxylation sites is 2. The molecular formula is C17H17NO4. The Labute approximate surface area is 128 Å². The third-order valence-electron chi connectivity index (χ3n) is 3.00. The summed E-state index contributed by atoms with van der Waals surface area (Å²) in [6.45, 7) is 2.15. The Morgan fingerprint density at radius 3 is 2.68 bits per heavy atom. The Kier molecular flexibility index (Phi) is 5.14. The molecule has 2 aromatic carbocycles. The fourth-order valence-corrected chi connectivity index (χ4v) is 1.94. The molecule has 0 saturated heterocycles. The van der Waals surface area contributed by atoms with Gasteiger partial charge in [-0.05, 0) is 31.2 Å². The summed E-state index contributed by atoms with van der Waals surface area (Å²) in [4.78, 5) is 16.0. The van der Waals surface area contributed by atoms with Crippen LogP contribution in [0.2, 0.25) is 0 Å². The van der Waals surface area contributed by atoms with Gasteiger partial charge in [-0.3, -0.25) is 9.79 Å². The number of Topliss-reactive ketones (excluding diaryl/α,β-unsaturated/α-hetero) is 1. The molecule has 5 nitrogen and oxygen atoms in total. The quantitative estimate of drug-likeness (QED) is 0.635. The first-order chi connectivity index (χ1) is 10.6. The SMILES string of the molecule is CCOc1cccc(C=NCC(=O)c2ccccc2O)c1O. The molecule has 0 unspecified atom stereocenters. The van der Waals surface area contributed by atoms with Gasteiger partial charge in [0.25, 0.3) is 0 Å². The number of nitrogens with zero attached hydrogens (tertiary/aromatic N) is 1. The zero-order valence-electron chi connectivity index (χ0n) is 12.2. The van der Waals surface area contributed by atoms with Crippen LogP contribution < -0.4 is 4.74 Å². The predicted octanol–water partition coefficient (Wildman–Crippen LogP) is 2.80. The van der Waals surface area contributed by atoms with Gasteiger partial charge in [0.05, 0.1) is 12.2 Å². The predicted molar refractivity (Wildman–Crippen MR) is 84.2 cm³/mol. The minimum atomic E-state index is -0.296. The van der Waals surface area contributed by atoms with Gasteiger partial charge in [-0.25, -0.2) is 0 Å². The summed E-state index contributed by atoms with van der Waals surface area (Å²) >= 11 is 0. The van der Waals surface area contributed by atoms with Gasteiger partial charge in [0.1, 0.15) is 12.3 Å². The number of phenols is 2. The van der Waals surface area contributed by atoms with Gasteiger partial charge >= 0.3 is 0 Å². The molecule has 0 fully saturated rings. The number of phenolic OH excluding ortho intramolecular Hbond substituents is 2. The average Bonchev–Trinajstić information content (AvgIpc) is 2.51. The first-order valence-corrected chi connectivity index (χ1v) is 6.89. The van der Waals surface area contributed by atoms with E-state index in [1.165, 1.54) is 12.3 Å². The van der Waals surface area contributed by atoms with Crippen molar-refractivity contribution in [3.05, 3.63) is 53.6 Å². The van der Waals surface area contributed by atoms with Gasteiger partial charge in [-0.1, -0.05) is 18.2 Å². The van der Waals surface area contributed by atoms with Gasteiger partial charge in [-0.2, -0.15) is 0 Å². The molecule has 0 heterocycles. The van der Waals surface area contributed by atoms with E-state index in [0.29, 0.717) is 17.9 Å². The molecule has 0 radical (unpaired) electrons. The van der Waals surface area contributed by atoms with Crippen LogP contribution in [0.4, 0.5) is 0 Å². The molecule has 114 valence electrons. The van der Waals surface area contributed by atoms with Gasteiger partial charge in [0, 0.05) is 11.8 Å². The molecule has 0 aliphatic heterocycles. The number of ketones is 1. The molecular weight excluding hydrogens is 282 g/mol. The zero-order chi connectivity index (χ0) is 15.9. The Morgan fingerprint density at radius 1 is 1.18 bits per heavy atom. The van der Waals surface area contributed by atoms with E-state index >= 15 is 0 Å². The monoisotopic (exact) mass is 299 g/mol. The van der Waals surface area contributed by atoms with Crippen molar-refractivity contribution in [3.8, 4) is 17.2 Å². The summed E-state index contributed by atoms with van der Waals surface area (Å²) < 4.78 is 5.28. The van der Waals surface area contributed by atoms with Crippen LogP contribution in [0.25, 0.3) is 0 Å². The van der Waals surface area contributed by atoms with E-state index in [0.717, 1.165) is 0 Å². The lowest BCUT2D eigenvalue weighted by Crippen LogP contribution is -2.04. The molecule has 0 aromatic heterocycles. The lowest BCUT2D eigenvalue weighted by atomic mass is 10.1. The van der Waals surface area contributed by atoms with Crippen LogP contribution in [0.15, 0.2) is 47.5 Å². The minimum absolute atomic E-state index is 0.0110. The van der Waals surface area contributed by atoms with Crippen molar-refractivity contribution in [2.75, 3.05) is 13.2 Å². The summed E-state index contributed by atoms with van der Waals surface area (Å²) in [5.74, 6) is 0.000260. The van der Waals surface area contributed by atoms with E-state index in [4.69, 9.17) is 4.74 Å². The molecule has 2 N–H and O–H groups in total. The maximum absolute atomic E-state index is 11.9. The summed E-state index contributed by atoms with van der Waals surface area (Å²) in [5.41, 5.74) is 0.697. The molecule has 0 atom stereocenters. The van der Waals surface area contributed by atoms with E-state index < -0.39 is 0 Å². The molecule has 2 aromatic rings. The molecule has 22 heavy (non-hydrogen) atoms. The second-order valence-corrected chi connectivity index (χ2v) is 4.54. The third kappa shape index (κ3) is 3.63. The van der Waals surface area contributed by atoms with Gasteiger partial charge in [0.15, 0.2) is 17.3 Å². The van der Waals surface area contributed by atoms with Crippen molar-refractivity contribution >= 4 is 12.0 Å². The van der Waals surface area contributed by atoms with E-state index in [1.807, 2.05) is 6.92 Å². The molecule has 5 heteroatoms. The first kappa shape index (κ1) is 15.6. The van der Waals surface area contributed by atoms with E-state index in [-0.39, 0.29) is 29.4 Å². The van der Waals surface area contributed by atoms with Crippen LogP contribution in [0, 0.1) is 0 Å². The third-order valence-corrected chi connectivity index (χ3v) is 3.00. The number of aliphatic imine (C=N–C) groups is 1. The molecule has 2 rings (SSSR count). The van der Waals surface area contributed by atoms with Gasteiger partial charge < -0.3 is 14.9 Å². The van der Waals surface area contributed by atoms with Crippen LogP contribution in [0.3, 0.4) is 0 Å². The normalized spacial score (nSPS) is 10.8. The first-order valence-electron chi connectivity index (χ1n) is 6.89. The maximum atomic E-state index is 11.9. The van der Waals surface area contributed by atoms with Crippen molar-refractivity contribution in [2.24, 2.45) is 4.99 Å². The van der Waals surface area contributed by atoms with Crippen molar-refractivity contribution in [2.45, 2.75) is 6.92 Å². The van der Waals surface area contributed by atoms with Crippen molar-refractivity contribution < 1.29 is 19.7 Å². The Morgan fingerprint density at radius 2 is 1.95 bits per heavy atom. The molecule has 0 saturated carbocycles. The highest BCUT2D eigenvalue weighted by molar-refractivity contribution is 6.01. The molecule has 0 amide bonds. The lowest BCUT2D eigenvalue weighted by molar-refractivity contribution is 0.0999. The average molecular weight is 299 g/mol. The molecule has 0 spiro atoms. The lowest BCUT2D eigenvalue weighted by Gasteiger charge is -2.07. The summed E-state index contributed by atoms with van der Waals surface area (Å²) in [7, 11) is 0. The molecule has 0 aliphatic rings. The number of hydrogen-bond acceptors (Lipinski definition) is 5. The maximum Gasteiger partial charge on any atom is 0.187 e. The van der Waals surface area contributed by atoms with Crippen LogP contribution in [0.5, 0.6) is 17.2 Å². The Hall–Kier alpha value is -2.82. The Bertz CT molecular complexity index is 695. The zero-order valence-corrected chi connectivity index (χ0v) is 12.2. The fraction of sp³-hybridized carbons (Fsp3) is 0.176. The van der Waals surface area contributed by atoms with Crippen LogP contribution in [-0.4, -0.2) is 35.4 Å². The highest BCUT2D eigenvalue weighted by Gasteiger charge is 2.09. The number of aromatic hydroxyl groups is 2. The second kappa shape index (κ2) is 7.26. The summed E-state index contributed by atoms with van der Waals surface area (Å²) in [6, 6.07) is 11.4. The molecule has 0 aliphatic carbocycles. The fourth-order valence-electron chi connectivity index (χ4n) is 1.94.